The van der Waals surface area contributed by atoms with Gasteiger partial charge in [-0.1, -0.05) is 0 Å². The van der Waals surface area contributed by atoms with Gasteiger partial charge in [-0.2, -0.15) is 12.6 Å². The number of aliphatic carboxylic acids is 1. The maximum atomic E-state index is 11.2. The summed E-state index contributed by atoms with van der Waals surface area (Å²) < 4.78 is 0. The van der Waals surface area contributed by atoms with Crippen LogP contribution in [0.2, 0.25) is 0 Å². The first-order chi connectivity index (χ1) is 6.54. The van der Waals surface area contributed by atoms with Gasteiger partial charge in [-0.3, -0.25) is 14.4 Å². The van der Waals surface area contributed by atoms with Crippen molar-refractivity contribution in [3.05, 3.63) is 0 Å². The van der Waals surface area contributed by atoms with Crippen LogP contribution < -0.4 is 10.6 Å². The third-order valence-corrected chi connectivity index (χ3v) is 2.19. The van der Waals surface area contributed by atoms with E-state index >= 15 is 0 Å². The molecule has 0 radical (unpaired) electrons. The standard InChI is InChI=1S/C7H10N2O4S/c10-5(11)1-3-6(12)9-4(2-14)7(13)8-3/h3-4,14H,1-2H2,(H,8,13)(H,9,12)(H,10,11)/t3-,4-/m0/s1. The van der Waals surface area contributed by atoms with Crippen LogP contribution in [0.25, 0.3) is 0 Å². The number of amides is 2. The van der Waals surface area contributed by atoms with Crippen LogP contribution in [-0.2, 0) is 14.4 Å². The summed E-state index contributed by atoms with van der Waals surface area (Å²) in [4.78, 5) is 32.7. The van der Waals surface area contributed by atoms with Gasteiger partial charge in [0, 0.05) is 5.75 Å². The third-order valence-electron chi connectivity index (χ3n) is 1.83. The third kappa shape index (κ3) is 2.38. The van der Waals surface area contributed by atoms with Gasteiger partial charge in [0.2, 0.25) is 11.8 Å². The molecule has 0 saturated carbocycles. The Morgan fingerprint density at radius 3 is 2.29 bits per heavy atom. The van der Waals surface area contributed by atoms with Gasteiger partial charge < -0.3 is 15.7 Å². The average molecular weight is 218 g/mol. The van der Waals surface area contributed by atoms with Crippen LogP contribution in [0.3, 0.4) is 0 Å². The van der Waals surface area contributed by atoms with E-state index in [2.05, 4.69) is 23.3 Å². The molecule has 1 aliphatic heterocycles. The van der Waals surface area contributed by atoms with E-state index < -0.39 is 36.3 Å². The zero-order valence-electron chi connectivity index (χ0n) is 7.19. The van der Waals surface area contributed by atoms with E-state index in [1.807, 2.05) is 0 Å². The van der Waals surface area contributed by atoms with Crippen LogP contribution in [-0.4, -0.2) is 40.7 Å². The van der Waals surface area contributed by atoms with E-state index in [0.717, 1.165) is 0 Å². The highest BCUT2D eigenvalue weighted by Gasteiger charge is 2.33. The second kappa shape index (κ2) is 4.32. The molecule has 1 rings (SSSR count). The molecule has 0 aliphatic carbocycles. The lowest BCUT2D eigenvalue weighted by molar-refractivity contribution is -0.143. The highest BCUT2D eigenvalue weighted by Crippen LogP contribution is 2.02. The Balaban J connectivity index is 2.62. The fourth-order valence-electron chi connectivity index (χ4n) is 1.12. The molecule has 0 spiro atoms. The largest absolute Gasteiger partial charge is 0.481 e. The van der Waals surface area contributed by atoms with Crippen molar-refractivity contribution in [2.75, 3.05) is 5.75 Å². The number of rotatable bonds is 3. The molecule has 0 aromatic carbocycles. The second-order valence-electron chi connectivity index (χ2n) is 2.90. The van der Waals surface area contributed by atoms with Gasteiger partial charge in [0.15, 0.2) is 0 Å². The Labute approximate surface area is 85.5 Å². The van der Waals surface area contributed by atoms with Gasteiger partial charge in [0.05, 0.1) is 6.42 Å². The highest BCUT2D eigenvalue weighted by molar-refractivity contribution is 7.80. The van der Waals surface area contributed by atoms with E-state index in [1.165, 1.54) is 0 Å². The van der Waals surface area contributed by atoms with Gasteiger partial charge >= 0.3 is 5.97 Å². The lowest BCUT2D eigenvalue weighted by Gasteiger charge is -2.27. The zero-order valence-corrected chi connectivity index (χ0v) is 8.08. The predicted octanol–water partition coefficient (Wildman–Crippen LogP) is -1.63. The zero-order chi connectivity index (χ0) is 10.7. The summed E-state index contributed by atoms with van der Waals surface area (Å²) in [5.74, 6) is -1.82. The molecule has 78 valence electrons. The van der Waals surface area contributed by atoms with Crippen molar-refractivity contribution in [2.24, 2.45) is 0 Å². The Hall–Kier alpha value is -1.24. The predicted molar refractivity (Wildman–Crippen MR) is 50.0 cm³/mol. The lowest BCUT2D eigenvalue weighted by Crippen LogP contribution is -2.62. The van der Waals surface area contributed by atoms with E-state index in [1.54, 1.807) is 0 Å². The van der Waals surface area contributed by atoms with Crippen LogP contribution in [0.5, 0.6) is 0 Å². The average Bonchev–Trinajstić information content (AvgIpc) is 2.10. The van der Waals surface area contributed by atoms with E-state index in [0.29, 0.717) is 0 Å². The van der Waals surface area contributed by atoms with Gasteiger partial charge in [-0.25, -0.2) is 0 Å². The van der Waals surface area contributed by atoms with Crippen LogP contribution in [0, 0.1) is 0 Å². The number of thiol groups is 1. The van der Waals surface area contributed by atoms with Crippen LogP contribution in [0.15, 0.2) is 0 Å². The Morgan fingerprint density at radius 2 is 1.79 bits per heavy atom. The summed E-state index contributed by atoms with van der Waals surface area (Å²) in [7, 11) is 0. The monoisotopic (exact) mass is 218 g/mol. The first-order valence-electron chi connectivity index (χ1n) is 3.98. The molecular weight excluding hydrogens is 208 g/mol. The maximum Gasteiger partial charge on any atom is 0.305 e. The quantitative estimate of drug-likeness (QED) is 0.428. The van der Waals surface area contributed by atoms with Gasteiger partial charge in [-0.05, 0) is 0 Å². The number of hydrogen-bond donors (Lipinski definition) is 4. The molecule has 1 saturated heterocycles. The highest BCUT2D eigenvalue weighted by atomic mass is 32.1. The summed E-state index contributed by atoms with van der Waals surface area (Å²) in [5.41, 5.74) is 0. The Morgan fingerprint density at radius 1 is 1.29 bits per heavy atom. The molecular formula is C7H10N2O4S. The van der Waals surface area contributed by atoms with E-state index in [9.17, 15) is 14.4 Å². The molecule has 0 aromatic rings. The number of nitrogens with one attached hydrogen (secondary N) is 2. The fraction of sp³-hybridized carbons (Fsp3) is 0.571. The molecule has 14 heavy (non-hydrogen) atoms. The van der Waals surface area contributed by atoms with Crippen LogP contribution in [0.1, 0.15) is 6.42 Å². The topological polar surface area (TPSA) is 95.5 Å². The molecule has 0 unspecified atom stereocenters. The molecule has 1 aliphatic rings. The van der Waals surface area contributed by atoms with Crippen LogP contribution >= 0.6 is 12.6 Å². The molecule has 1 fully saturated rings. The van der Waals surface area contributed by atoms with Crippen molar-refractivity contribution in [3.63, 3.8) is 0 Å². The van der Waals surface area contributed by atoms with Gasteiger partial charge in [-0.15, -0.1) is 0 Å². The minimum Gasteiger partial charge on any atom is -0.481 e. The van der Waals surface area contributed by atoms with Crippen molar-refractivity contribution in [1.29, 1.82) is 0 Å². The molecule has 7 heteroatoms. The second-order valence-corrected chi connectivity index (χ2v) is 3.27. The van der Waals surface area contributed by atoms with Crippen LogP contribution in [0.4, 0.5) is 0 Å². The molecule has 6 nitrogen and oxygen atoms in total. The number of carbonyl (C=O) groups excluding carboxylic acids is 2. The molecule has 2 amide bonds. The number of piperazine rings is 1. The Bertz CT molecular complexity index is 281. The van der Waals surface area contributed by atoms with E-state index in [4.69, 9.17) is 5.11 Å². The number of carboxylic acid groups (broad SMARTS) is 1. The maximum absolute atomic E-state index is 11.2. The normalized spacial score (nSPS) is 26.6. The molecule has 3 N–H and O–H groups in total. The number of carbonyl (C=O) groups is 3. The summed E-state index contributed by atoms with van der Waals surface area (Å²) >= 11 is 3.87. The SMILES string of the molecule is O=C(O)C[C@@H]1NC(=O)[C@H](CS)NC1=O. The first kappa shape index (κ1) is 10.8. The molecule has 0 aromatic heterocycles. The van der Waals surface area contributed by atoms with E-state index in [-0.39, 0.29) is 5.75 Å². The number of carboxylic acids is 1. The van der Waals surface area contributed by atoms with Gasteiger partial charge in [0.1, 0.15) is 12.1 Å². The molecule has 1 heterocycles. The number of hydrogen-bond acceptors (Lipinski definition) is 4. The van der Waals surface area contributed by atoms with Crippen molar-refractivity contribution in [3.8, 4) is 0 Å². The van der Waals surface area contributed by atoms with Crippen molar-refractivity contribution < 1.29 is 19.5 Å². The van der Waals surface area contributed by atoms with Crippen molar-refractivity contribution in [1.82, 2.24) is 10.6 Å². The fourth-order valence-corrected chi connectivity index (χ4v) is 1.38. The minimum absolute atomic E-state index is 0.192. The molecule has 0 bridgehead atoms. The summed E-state index contributed by atoms with van der Waals surface area (Å²) in [5, 5.41) is 13.1. The minimum atomic E-state index is -1.13. The Kier molecular flexibility index (Phi) is 3.34. The van der Waals surface area contributed by atoms with Crippen molar-refractivity contribution in [2.45, 2.75) is 18.5 Å². The van der Waals surface area contributed by atoms with Gasteiger partial charge in [0.25, 0.3) is 0 Å². The molecule has 2 atom stereocenters. The van der Waals surface area contributed by atoms with Crippen molar-refractivity contribution >= 4 is 30.4 Å². The summed E-state index contributed by atoms with van der Waals surface area (Å²) in [6, 6.07) is -1.65. The lowest BCUT2D eigenvalue weighted by atomic mass is 10.1. The first-order valence-corrected chi connectivity index (χ1v) is 4.61. The smallest absolute Gasteiger partial charge is 0.305 e. The summed E-state index contributed by atoms with van der Waals surface area (Å²) in [6.45, 7) is 0. The summed E-state index contributed by atoms with van der Waals surface area (Å²) in [6.07, 6.45) is -0.406.